The van der Waals surface area contributed by atoms with E-state index in [4.69, 9.17) is 0 Å². The predicted octanol–water partition coefficient (Wildman–Crippen LogP) is 2.40. The van der Waals surface area contributed by atoms with Gasteiger partial charge in [0, 0.05) is 32.1 Å². The van der Waals surface area contributed by atoms with Crippen LogP contribution in [-0.2, 0) is 9.59 Å². The third kappa shape index (κ3) is 4.02. The number of nitrogens with one attached hydrogen (secondary N) is 1. The highest BCUT2D eigenvalue weighted by molar-refractivity contribution is 5.92. The van der Waals surface area contributed by atoms with Crippen LogP contribution in [0.5, 0.6) is 0 Å². The SMILES string of the molecule is CC(C)C[C@H]1CC(=O)N(C2(C(=O)NC3CCCC3)CCN(C)CC2)C1. The number of piperidine rings is 1. The second kappa shape index (κ2) is 7.65. The van der Waals surface area contributed by atoms with Crippen LogP contribution in [0.2, 0.25) is 0 Å². The Morgan fingerprint density at radius 1 is 1.24 bits per heavy atom. The molecule has 0 bridgehead atoms. The number of rotatable bonds is 5. The van der Waals surface area contributed by atoms with Crippen molar-refractivity contribution < 1.29 is 9.59 Å². The van der Waals surface area contributed by atoms with Crippen molar-refractivity contribution >= 4 is 11.8 Å². The molecule has 2 heterocycles. The topological polar surface area (TPSA) is 52.7 Å². The van der Waals surface area contributed by atoms with E-state index in [1.807, 2.05) is 4.90 Å². The fraction of sp³-hybridized carbons (Fsp3) is 0.900. The average molecular weight is 350 g/mol. The quantitative estimate of drug-likeness (QED) is 0.829. The van der Waals surface area contributed by atoms with E-state index >= 15 is 0 Å². The van der Waals surface area contributed by atoms with Gasteiger partial charge in [-0.25, -0.2) is 0 Å². The van der Waals surface area contributed by atoms with Crippen LogP contribution < -0.4 is 5.32 Å². The number of hydrogen-bond donors (Lipinski definition) is 1. The number of nitrogens with zero attached hydrogens (tertiary/aromatic N) is 2. The van der Waals surface area contributed by atoms with Crippen LogP contribution in [0.3, 0.4) is 0 Å². The van der Waals surface area contributed by atoms with Crippen molar-refractivity contribution in [3.63, 3.8) is 0 Å². The molecule has 142 valence electrons. The number of hydrogen-bond acceptors (Lipinski definition) is 3. The summed E-state index contributed by atoms with van der Waals surface area (Å²) in [6, 6.07) is 0.313. The molecular weight excluding hydrogens is 314 g/mol. The van der Waals surface area contributed by atoms with Gasteiger partial charge < -0.3 is 15.1 Å². The minimum Gasteiger partial charge on any atom is -0.351 e. The Kier molecular flexibility index (Phi) is 5.71. The summed E-state index contributed by atoms with van der Waals surface area (Å²) in [6.45, 7) is 6.96. The lowest BCUT2D eigenvalue weighted by molar-refractivity contribution is -0.148. The molecule has 0 aromatic carbocycles. The standard InChI is InChI=1S/C20H35N3O2/c1-15(2)12-16-13-18(24)23(14-16)20(8-10-22(3)11-9-20)19(25)21-17-6-4-5-7-17/h15-17H,4-14H2,1-3H3,(H,21,25)/t16-/m0/s1. The minimum atomic E-state index is -0.613. The van der Waals surface area contributed by atoms with Gasteiger partial charge in [0.2, 0.25) is 11.8 Å². The van der Waals surface area contributed by atoms with Gasteiger partial charge in [-0.2, -0.15) is 0 Å². The lowest BCUT2D eigenvalue weighted by Gasteiger charge is -2.46. The summed E-state index contributed by atoms with van der Waals surface area (Å²) in [7, 11) is 2.10. The zero-order valence-electron chi connectivity index (χ0n) is 16.2. The van der Waals surface area contributed by atoms with Gasteiger partial charge in [-0.05, 0) is 51.0 Å². The molecule has 5 heteroatoms. The van der Waals surface area contributed by atoms with Gasteiger partial charge in [-0.15, -0.1) is 0 Å². The predicted molar refractivity (Wildman–Crippen MR) is 99.1 cm³/mol. The maximum atomic E-state index is 13.3. The van der Waals surface area contributed by atoms with E-state index in [-0.39, 0.29) is 11.8 Å². The van der Waals surface area contributed by atoms with E-state index in [1.54, 1.807) is 0 Å². The Morgan fingerprint density at radius 2 is 1.88 bits per heavy atom. The smallest absolute Gasteiger partial charge is 0.246 e. The average Bonchev–Trinajstić information content (AvgIpc) is 3.18. The van der Waals surface area contributed by atoms with Crippen LogP contribution in [0.1, 0.15) is 65.2 Å². The summed E-state index contributed by atoms with van der Waals surface area (Å²) in [6.07, 6.45) is 7.82. The van der Waals surface area contributed by atoms with E-state index in [0.717, 1.165) is 51.7 Å². The van der Waals surface area contributed by atoms with Crippen molar-refractivity contribution in [2.45, 2.75) is 76.8 Å². The molecule has 0 spiro atoms. The lowest BCUT2D eigenvalue weighted by Crippen LogP contribution is -2.64. The van der Waals surface area contributed by atoms with Gasteiger partial charge in [0.1, 0.15) is 5.54 Å². The molecule has 2 amide bonds. The van der Waals surface area contributed by atoms with E-state index in [2.05, 4.69) is 31.1 Å². The summed E-state index contributed by atoms with van der Waals surface area (Å²) in [4.78, 5) is 30.4. The van der Waals surface area contributed by atoms with Crippen molar-refractivity contribution in [2.24, 2.45) is 11.8 Å². The molecule has 0 aromatic heterocycles. The highest BCUT2D eigenvalue weighted by Crippen LogP contribution is 2.36. The van der Waals surface area contributed by atoms with Crippen molar-refractivity contribution in [3.05, 3.63) is 0 Å². The lowest BCUT2D eigenvalue weighted by atomic mass is 9.84. The van der Waals surface area contributed by atoms with E-state index in [1.165, 1.54) is 12.8 Å². The Bertz CT molecular complexity index is 491. The number of likely N-dealkylation sites (tertiary alicyclic amines) is 2. The monoisotopic (exact) mass is 349 g/mol. The Labute approximate surface area is 152 Å². The first-order chi connectivity index (χ1) is 11.9. The highest BCUT2D eigenvalue weighted by Gasteiger charge is 2.51. The molecule has 2 aliphatic heterocycles. The summed E-state index contributed by atoms with van der Waals surface area (Å²) in [5.41, 5.74) is -0.613. The van der Waals surface area contributed by atoms with E-state index in [0.29, 0.717) is 24.3 Å². The van der Waals surface area contributed by atoms with Crippen LogP contribution in [0.4, 0.5) is 0 Å². The molecule has 1 N–H and O–H groups in total. The van der Waals surface area contributed by atoms with Crippen LogP contribution in [0.15, 0.2) is 0 Å². The van der Waals surface area contributed by atoms with Gasteiger partial charge >= 0.3 is 0 Å². The maximum absolute atomic E-state index is 13.3. The molecular formula is C20H35N3O2. The van der Waals surface area contributed by atoms with E-state index < -0.39 is 5.54 Å². The van der Waals surface area contributed by atoms with Gasteiger partial charge in [0.25, 0.3) is 0 Å². The summed E-state index contributed by atoms with van der Waals surface area (Å²) in [5.74, 6) is 1.31. The maximum Gasteiger partial charge on any atom is 0.246 e. The molecule has 0 unspecified atom stereocenters. The first kappa shape index (κ1) is 18.7. The molecule has 1 saturated carbocycles. The normalized spacial score (nSPS) is 28.1. The molecule has 3 rings (SSSR count). The van der Waals surface area contributed by atoms with E-state index in [9.17, 15) is 9.59 Å². The molecule has 2 saturated heterocycles. The fourth-order valence-corrected chi connectivity index (χ4v) is 5.02. The zero-order chi connectivity index (χ0) is 18.0. The number of carbonyl (C=O) groups is 2. The Balaban J connectivity index is 1.76. The first-order valence-electron chi connectivity index (χ1n) is 10.2. The van der Waals surface area contributed by atoms with Crippen LogP contribution in [-0.4, -0.2) is 59.9 Å². The van der Waals surface area contributed by atoms with Crippen molar-refractivity contribution in [1.82, 2.24) is 15.1 Å². The van der Waals surface area contributed by atoms with Gasteiger partial charge in [-0.3, -0.25) is 9.59 Å². The zero-order valence-corrected chi connectivity index (χ0v) is 16.2. The van der Waals surface area contributed by atoms with Gasteiger partial charge in [-0.1, -0.05) is 26.7 Å². The second-order valence-electron chi connectivity index (χ2n) is 8.99. The molecule has 3 fully saturated rings. The Hall–Kier alpha value is -1.10. The third-order valence-electron chi connectivity index (χ3n) is 6.45. The largest absolute Gasteiger partial charge is 0.351 e. The van der Waals surface area contributed by atoms with Crippen LogP contribution in [0.25, 0.3) is 0 Å². The van der Waals surface area contributed by atoms with Crippen LogP contribution in [0, 0.1) is 11.8 Å². The molecule has 0 aromatic rings. The molecule has 5 nitrogen and oxygen atoms in total. The highest BCUT2D eigenvalue weighted by atomic mass is 16.2. The molecule has 3 aliphatic rings. The van der Waals surface area contributed by atoms with Crippen molar-refractivity contribution in [2.75, 3.05) is 26.7 Å². The second-order valence-corrected chi connectivity index (χ2v) is 8.99. The first-order valence-corrected chi connectivity index (χ1v) is 10.2. The molecule has 1 atom stereocenters. The molecule has 0 radical (unpaired) electrons. The number of carbonyl (C=O) groups excluding carboxylic acids is 2. The summed E-state index contributed by atoms with van der Waals surface area (Å²) < 4.78 is 0. The van der Waals surface area contributed by atoms with Gasteiger partial charge in [0.05, 0.1) is 0 Å². The van der Waals surface area contributed by atoms with Crippen LogP contribution >= 0.6 is 0 Å². The minimum absolute atomic E-state index is 0.117. The molecule has 25 heavy (non-hydrogen) atoms. The molecule has 1 aliphatic carbocycles. The Morgan fingerprint density at radius 3 is 2.48 bits per heavy atom. The van der Waals surface area contributed by atoms with Gasteiger partial charge in [0.15, 0.2) is 0 Å². The third-order valence-corrected chi connectivity index (χ3v) is 6.45. The number of amides is 2. The van der Waals surface area contributed by atoms with Crippen molar-refractivity contribution in [1.29, 1.82) is 0 Å². The summed E-state index contributed by atoms with van der Waals surface area (Å²) in [5, 5.41) is 3.31. The van der Waals surface area contributed by atoms with Crippen molar-refractivity contribution in [3.8, 4) is 0 Å². The summed E-state index contributed by atoms with van der Waals surface area (Å²) >= 11 is 0. The fourth-order valence-electron chi connectivity index (χ4n) is 5.02.